The summed E-state index contributed by atoms with van der Waals surface area (Å²) in [6.07, 6.45) is 0. The maximum Gasteiger partial charge on any atom is 0.132 e. The Morgan fingerprint density at radius 3 is 2.75 bits per heavy atom. The molecule has 0 unspecified atom stereocenters. The van der Waals surface area contributed by atoms with Gasteiger partial charge in [-0.15, -0.1) is 5.10 Å². The first-order valence-corrected chi connectivity index (χ1v) is 5.06. The van der Waals surface area contributed by atoms with Crippen LogP contribution in [-0.4, -0.2) is 20.1 Å². The summed E-state index contributed by atoms with van der Waals surface area (Å²) >= 11 is 0. The number of hydrogen-bond donors (Lipinski definition) is 1. The molecule has 1 aromatic heterocycles. The Morgan fingerprint density at radius 2 is 2.12 bits per heavy atom. The average Bonchev–Trinajstić information content (AvgIpc) is 2.72. The molecule has 0 atom stereocenters. The highest BCUT2D eigenvalue weighted by molar-refractivity contribution is 5.62. The summed E-state index contributed by atoms with van der Waals surface area (Å²) in [7, 11) is 0. The molecular formula is C11H12FN3O. The van der Waals surface area contributed by atoms with Crippen LogP contribution >= 0.6 is 0 Å². The molecule has 0 aliphatic heterocycles. The van der Waals surface area contributed by atoms with Crippen molar-refractivity contribution in [3.05, 3.63) is 35.8 Å². The number of aromatic nitrogens is 3. The van der Waals surface area contributed by atoms with Gasteiger partial charge in [-0.3, -0.25) is 0 Å². The third kappa shape index (κ3) is 1.69. The van der Waals surface area contributed by atoms with Gasteiger partial charge in [0.25, 0.3) is 0 Å². The van der Waals surface area contributed by atoms with Gasteiger partial charge in [0.2, 0.25) is 0 Å². The van der Waals surface area contributed by atoms with E-state index in [4.69, 9.17) is 5.11 Å². The Kier molecular flexibility index (Phi) is 2.96. The zero-order chi connectivity index (χ0) is 11.5. The highest BCUT2D eigenvalue weighted by Gasteiger charge is 2.16. The molecule has 2 aromatic rings. The van der Waals surface area contributed by atoms with Crippen LogP contribution in [0.4, 0.5) is 4.39 Å². The number of aliphatic hydroxyl groups excluding tert-OH is 1. The van der Waals surface area contributed by atoms with Gasteiger partial charge in [-0.05, 0) is 19.1 Å². The van der Waals surface area contributed by atoms with Crippen LogP contribution in [0.1, 0.15) is 12.6 Å². The van der Waals surface area contributed by atoms with Crippen molar-refractivity contribution < 1.29 is 9.50 Å². The smallest absolute Gasteiger partial charge is 0.132 e. The molecule has 1 N–H and O–H groups in total. The summed E-state index contributed by atoms with van der Waals surface area (Å²) in [5, 5.41) is 16.8. The van der Waals surface area contributed by atoms with Gasteiger partial charge in [0, 0.05) is 12.1 Å². The van der Waals surface area contributed by atoms with Crippen LogP contribution in [0.5, 0.6) is 0 Å². The molecule has 0 aliphatic rings. The maximum atomic E-state index is 13.6. The van der Waals surface area contributed by atoms with Crippen molar-refractivity contribution in [2.24, 2.45) is 0 Å². The Morgan fingerprint density at radius 1 is 1.38 bits per heavy atom. The second-order valence-corrected chi connectivity index (χ2v) is 3.34. The molecule has 0 fully saturated rings. The first-order valence-electron chi connectivity index (χ1n) is 5.06. The van der Waals surface area contributed by atoms with E-state index in [2.05, 4.69) is 10.3 Å². The second-order valence-electron chi connectivity index (χ2n) is 3.34. The highest BCUT2D eigenvalue weighted by atomic mass is 19.1. The van der Waals surface area contributed by atoms with Crippen LogP contribution in [0.2, 0.25) is 0 Å². The fourth-order valence-corrected chi connectivity index (χ4v) is 1.62. The molecule has 5 heteroatoms. The van der Waals surface area contributed by atoms with Gasteiger partial charge in [-0.1, -0.05) is 17.3 Å². The van der Waals surface area contributed by atoms with E-state index in [0.29, 0.717) is 23.5 Å². The normalized spacial score (nSPS) is 10.7. The van der Waals surface area contributed by atoms with Gasteiger partial charge in [0.1, 0.15) is 11.5 Å². The van der Waals surface area contributed by atoms with E-state index in [9.17, 15) is 4.39 Å². The fraction of sp³-hybridized carbons (Fsp3) is 0.273. The molecule has 0 bridgehead atoms. The molecule has 0 radical (unpaired) electrons. The summed E-state index contributed by atoms with van der Waals surface area (Å²) in [6.45, 7) is 2.22. The minimum atomic E-state index is -0.339. The lowest BCUT2D eigenvalue weighted by Crippen LogP contribution is -2.01. The Labute approximate surface area is 92.3 Å². The monoisotopic (exact) mass is 221 g/mol. The zero-order valence-corrected chi connectivity index (χ0v) is 8.89. The summed E-state index contributed by atoms with van der Waals surface area (Å²) < 4.78 is 15.2. The second kappa shape index (κ2) is 4.40. The molecule has 1 heterocycles. The SMILES string of the molecule is CCn1nnc(CO)c1-c1ccccc1F. The Balaban J connectivity index is 2.62. The van der Waals surface area contributed by atoms with Crippen molar-refractivity contribution >= 4 is 0 Å². The van der Waals surface area contributed by atoms with Gasteiger partial charge in [0.15, 0.2) is 0 Å². The molecular weight excluding hydrogens is 209 g/mol. The van der Waals surface area contributed by atoms with Crippen LogP contribution in [0.25, 0.3) is 11.3 Å². The van der Waals surface area contributed by atoms with E-state index in [1.807, 2.05) is 6.92 Å². The van der Waals surface area contributed by atoms with Crippen molar-refractivity contribution in [3.63, 3.8) is 0 Å². The van der Waals surface area contributed by atoms with Crippen molar-refractivity contribution in [3.8, 4) is 11.3 Å². The predicted octanol–water partition coefficient (Wildman–Crippen LogP) is 1.60. The van der Waals surface area contributed by atoms with E-state index < -0.39 is 0 Å². The predicted molar refractivity (Wildman–Crippen MR) is 57.0 cm³/mol. The Hall–Kier alpha value is -1.75. The number of nitrogens with zero attached hydrogens (tertiary/aromatic N) is 3. The molecule has 0 saturated carbocycles. The molecule has 0 saturated heterocycles. The zero-order valence-electron chi connectivity index (χ0n) is 8.89. The van der Waals surface area contributed by atoms with Gasteiger partial charge in [-0.2, -0.15) is 0 Å². The lowest BCUT2D eigenvalue weighted by molar-refractivity contribution is 0.277. The van der Waals surface area contributed by atoms with Gasteiger partial charge < -0.3 is 5.11 Å². The largest absolute Gasteiger partial charge is 0.390 e. The van der Waals surface area contributed by atoms with E-state index in [1.54, 1.807) is 22.9 Å². The molecule has 0 amide bonds. The number of aryl methyl sites for hydroxylation is 1. The highest BCUT2D eigenvalue weighted by Crippen LogP contribution is 2.24. The molecule has 0 spiro atoms. The number of hydrogen-bond acceptors (Lipinski definition) is 3. The standard InChI is InChI=1S/C11H12FN3O/c1-2-15-11(10(7-16)13-14-15)8-5-3-4-6-9(8)12/h3-6,16H,2,7H2,1H3. The van der Waals surface area contributed by atoms with Crippen molar-refractivity contribution in [2.45, 2.75) is 20.1 Å². The molecule has 0 aliphatic carbocycles. The van der Waals surface area contributed by atoms with E-state index in [-0.39, 0.29) is 12.4 Å². The van der Waals surface area contributed by atoms with E-state index in [1.165, 1.54) is 6.07 Å². The van der Waals surface area contributed by atoms with Gasteiger partial charge in [0.05, 0.1) is 12.3 Å². The minimum absolute atomic E-state index is 0.246. The first kappa shape index (κ1) is 10.8. The first-order chi connectivity index (χ1) is 7.77. The van der Waals surface area contributed by atoms with Crippen LogP contribution in [0.15, 0.2) is 24.3 Å². The lowest BCUT2D eigenvalue weighted by atomic mass is 10.1. The summed E-state index contributed by atoms with van der Waals surface area (Å²) in [4.78, 5) is 0. The van der Waals surface area contributed by atoms with Gasteiger partial charge in [-0.25, -0.2) is 9.07 Å². The molecule has 2 rings (SSSR count). The van der Waals surface area contributed by atoms with Gasteiger partial charge >= 0.3 is 0 Å². The average molecular weight is 221 g/mol. The molecule has 16 heavy (non-hydrogen) atoms. The molecule has 84 valence electrons. The number of halogens is 1. The topological polar surface area (TPSA) is 50.9 Å². The van der Waals surface area contributed by atoms with Crippen LogP contribution in [0.3, 0.4) is 0 Å². The quantitative estimate of drug-likeness (QED) is 0.856. The summed E-state index contributed by atoms with van der Waals surface area (Å²) in [5.74, 6) is -0.339. The molecule has 4 nitrogen and oxygen atoms in total. The maximum absolute atomic E-state index is 13.6. The summed E-state index contributed by atoms with van der Waals surface area (Å²) in [6, 6.07) is 6.40. The number of rotatable bonds is 3. The third-order valence-electron chi connectivity index (χ3n) is 2.38. The fourth-order valence-electron chi connectivity index (χ4n) is 1.62. The Bertz CT molecular complexity index is 474. The third-order valence-corrected chi connectivity index (χ3v) is 2.38. The van der Waals surface area contributed by atoms with Crippen LogP contribution in [0, 0.1) is 5.82 Å². The van der Waals surface area contributed by atoms with E-state index in [0.717, 1.165) is 0 Å². The van der Waals surface area contributed by atoms with Crippen molar-refractivity contribution in [1.29, 1.82) is 0 Å². The molecule has 1 aromatic carbocycles. The van der Waals surface area contributed by atoms with Crippen molar-refractivity contribution in [1.82, 2.24) is 15.0 Å². The minimum Gasteiger partial charge on any atom is -0.390 e. The number of aliphatic hydroxyl groups is 1. The number of benzene rings is 1. The van der Waals surface area contributed by atoms with E-state index >= 15 is 0 Å². The summed E-state index contributed by atoms with van der Waals surface area (Å²) in [5.41, 5.74) is 1.36. The van der Waals surface area contributed by atoms with Crippen LogP contribution < -0.4 is 0 Å². The lowest BCUT2D eigenvalue weighted by Gasteiger charge is -2.06. The van der Waals surface area contributed by atoms with Crippen LogP contribution in [-0.2, 0) is 13.2 Å². The van der Waals surface area contributed by atoms with Crippen molar-refractivity contribution in [2.75, 3.05) is 0 Å².